The number of hydrogen-bond donors (Lipinski definition) is 1. The molecule has 1 aromatic rings. The zero-order valence-corrected chi connectivity index (χ0v) is 13.6. The van der Waals surface area contributed by atoms with Gasteiger partial charge >= 0.3 is 0 Å². The molecule has 3 heteroatoms. The summed E-state index contributed by atoms with van der Waals surface area (Å²) in [7, 11) is 0. The Morgan fingerprint density at radius 1 is 1.24 bits per heavy atom. The van der Waals surface area contributed by atoms with Crippen LogP contribution in [0.4, 0.5) is 0 Å². The monoisotopic (exact) mass is 290 g/mol. The standard InChI is InChI=1S/C18H30N2O/c1-3-4-13-21-14-12-20-15-18(19-11-10-16(20)2)17-8-6-5-7-9-17/h5-9,16,18-19H,3-4,10-15H2,1-2H3. The molecule has 2 rings (SSSR count). The highest BCUT2D eigenvalue weighted by Crippen LogP contribution is 2.19. The van der Waals surface area contributed by atoms with Gasteiger partial charge in [0, 0.05) is 31.8 Å². The molecule has 0 aromatic heterocycles. The number of nitrogens with zero attached hydrogens (tertiary/aromatic N) is 1. The largest absolute Gasteiger partial charge is 0.380 e. The van der Waals surface area contributed by atoms with Crippen molar-refractivity contribution in [2.45, 2.75) is 45.2 Å². The predicted octanol–water partition coefficient (Wildman–Crippen LogP) is 3.23. The molecule has 3 nitrogen and oxygen atoms in total. The van der Waals surface area contributed by atoms with Gasteiger partial charge in [0.05, 0.1) is 6.61 Å². The minimum absolute atomic E-state index is 0.437. The first-order valence-corrected chi connectivity index (χ1v) is 8.41. The molecule has 2 unspecified atom stereocenters. The maximum Gasteiger partial charge on any atom is 0.0593 e. The number of rotatable bonds is 7. The number of ether oxygens (including phenoxy) is 1. The van der Waals surface area contributed by atoms with E-state index in [1.165, 1.54) is 24.8 Å². The lowest BCUT2D eigenvalue weighted by atomic mass is 10.1. The summed E-state index contributed by atoms with van der Waals surface area (Å²) in [6.45, 7) is 9.49. The van der Waals surface area contributed by atoms with Gasteiger partial charge in [0.2, 0.25) is 0 Å². The molecular formula is C18H30N2O. The van der Waals surface area contributed by atoms with Crippen molar-refractivity contribution in [2.24, 2.45) is 0 Å². The first-order valence-electron chi connectivity index (χ1n) is 8.41. The van der Waals surface area contributed by atoms with Gasteiger partial charge in [-0.05, 0) is 31.9 Å². The van der Waals surface area contributed by atoms with E-state index in [-0.39, 0.29) is 0 Å². The second kappa shape index (κ2) is 9.19. The molecule has 0 saturated carbocycles. The molecule has 0 spiro atoms. The fourth-order valence-corrected chi connectivity index (χ4v) is 2.88. The van der Waals surface area contributed by atoms with E-state index < -0.39 is 0 Å². The van der Waals surface area contributed by atoms with Gasteiger partial charge in [-0.3, -0.25) is 4.90 Å². The third kappa shape index (κ3) is 5.42. The normalized spacial score (nSPS) is 23.9. The van der Waals surface area contributed by atoms with Gasteiger partial charge in [0.25, 0.3) is 0 Å². The Bertz CT molecular complexity index is 382. The SMILES string of the molecule is CCCCOCCN1CC(c2ccccc2)NCCC1C. The van der Waals surface area contributed by atoms with Crippen LogP contribution < -0.4 is 5.32 Å². The second-order valence-electron chi connectivity index (χ2n) is 6.02. The molecule has 1 aliphatic heterocycles. The average Bonchev–Trinajstić information content (AvgIpc) is 2.70. The van der Waals surface area contributed by atoms with Crippen molar-refractivity contribution in [2.75, 3.05) is 32.8 Å². The summed E-state index contributed by atoms with van der Waals surface area (Å²) >= 11 is 0. The van der Waals surface area contributed by atoms with Crippen molar-refractivity contribution in [3.63, 3.8) is 0 Å². The fourth-order valence-electron chi connectivity index (χ4n) is 2.88. The number of nitrogens with one attached hydrogen (secondary N) is 1. The lowest BCUT2D eigenvalue weighted by Crippen LogP contribution is -2.38. The Labute approximate surface area is 129 Å². The van der Waals surface area contributed by atoms with E-state index in [1.807, 2.05) is 0 Å². The smallest absolute Gasteiger partial charge is 0.0593 e. The Morgan fingerprint density at radius 3 is 2.81 bits per heavy atom. The average molecular weight is 290 g/mol. The molecule has 0 amide bonds. The van der Waals surface area contributed by atoms with Crippen LogP contribution in [-0.4, -0.2) is 43.8 Å². The molecule has 0 aliphatic carbocycles. The predicted molar refractivity (Wildman–Crippen MR) is 88.6 cm³/mol. The van der Waals surface area contributed by atoms with Crippen molar-refractivity contribution in [1.29, 1.82) is 0 Å². The summed E-state index contributed by atoms with van der Waals surface area (Å²) < 4.78 is 5.74. The van der Waals surface area contributed by atoms with Crippen molar-refractivity contribution >= 4 is 0 Å². The lowest BCUT2D eigenvalue weighted by molar-refractivity contribution is 0.0871. The Hall–Kier alpha value is -0.900. The van der Waals surface area contributed by atoms with Gasteiger partial charge < -0.3 is 10.1 Å². The van der Waals surface area contributed by atoms with E-state index in [9.17, 15) is 0 Å². The quantitative estimate of drug-likeness (QED) is 0.780. The van der Waals surface area contributed by atoms with Crippen molar-refractivity contribution < 1.29 is 4.74 Å². The highest BCUT2D eigenvalue weighted by atomic mass is 16.5. The summed E-state index contributed by atoms with van der Waals surface area (Å²) in [5, 5.41) is 3.69. The van der Waals surface area contributed by atoms with E-state index in [0.29, 0.717) is 12.1 Å². The zero-order valence-electron chi connectivity index (χ0n) is 13.6. The van der Waals surface area contributed by atoms with Crippen molar-refractivity contribution in [3.05, 3.63) is 35.9 Å². The van der Waals surface area contributed by atoms with Crippen LogP contribution in [0.25, 0.3) is 0 Å². The topological polar surface area (TPSA) is 24.5 Å². The molecule has 0 radical (unpaired) electrons. The highest BCUT2D eigenvalue weighted by Gasteiger charge is 2.23. The summed E-state index contributed by atoms with van der Waals surface area (Å²) in [5.74, 6) is 0. The number of benzene rings is 1. The molecule has 0 bridgehead atoms. The first kappa shape index (κ1) is 16.5. The molecule has 1 aliphatic rings. The number of unbranched alkanes of at least 4 members (excludes halogenated alkanes) is 1. The van der Waals surface area contributed by atoms with E-state index in [1.54, 1.807) is 0 Å². The molecule has 1 aromatic carbocycles. The summed E-state index contributed by atoms with van der Waals surface area (Å²) in [6, 6.07) is 11.9. The Morgan fingerprint density at radius 2 is 2.05 bits per heavy atom. The molecule has 1 saturated heterocycles. The van der Waals surface area contributed by atoms with Crippen molar-refractivity contribution in [3.8, 4) is 0 Å². The second-order valence-corrected chi connectivity index (χ2v) is 6.02. The van der Waals surface area contributed by atoms with Crippen LogP contribution in [0.1, 0.15) is 44.7 Å². The molecule has 1 fully saturated rings. The maximum atomic E-state index is 5.74. The molecule has 1 N–H and O–H groups in total. The van der Waals surface area contributed by atoms with Crippen LogP contribution in [0.5, 0.6) is 0 Å². The van der Waals surface area contributed by atoms with Crippen LogP contribution in [-0.2, 0) is 4.74 Å². The molecule has 2 atom stereocenters. The van der Waals surface area contributed by atoms with Crippen LogP contribution >= 0.6 is 0 Å². The van der Waals surface area contributed by atoms with Gasteiger partial charge in [-0.15, -0.1) is 0 Å². The summed E-state index contributed by atoms with van der Waals surface area (Å²) in [6.07, 6.45) is 3.59. The van der Waals surface area contributed by atoms with Crippen LogP contribution in [0.15, 0.2) is 30.3 Å². The van der Waals surface area contributed by atoms with E-state index >= 15 is 0 Å². The van der Waals surface area contributed by atoms with Crippen molar-refractivity contribution in [1.82, 2.24) is 10.2 Å². The minimum atomic E-state index is 0.437. The third-order valence-corrected chi connectivity index (χ3v) is 4.36. The minimum Gasteiger partial charge on any atom is -0.380 e. The van der Waals surface area contributed by atoms with E-state index in [2.05, 4.69) is 54.4 Å². The molecular weight excluding hydrogens is 260 g/mol. The molecule has 21 heavy (non-hydrogen) atoms. The van der Waals surface area contributed by atoms with Gasteiger partial charge in [-0.2, -0.15) is 0 Å². The van der Waals surface area contributed by atoms with Gasteiger partial charge in [0.15, 0.2) is 0 Å². The summed E-state index contributed by atoms with van der Waals surface area (Å²) in [4.78, 5) is 2.57. The lowest BCUT2D eigenvalue weighted by Gasteiger charge is -2.29. The van der Waals surface area contributed by atoms with Crippen LogP contribution in [0, 0.1) is 0 Å². The van der Waals surface area contributed by atoms with Gasteiger partial charge in [-0.1, -0.05) is 43.7 Å². The highest BCUT2D eigenvalue weighted by molar-refractivity contribution is 5.19. The van der Waals surface area contributed by atoms with Gasteiger partial charge in [0.1, 0.15) is 0 Å². The van der Waals surface area contributed by atoms with E-state index in [4.69, 9.17) is 4.74 Å². The van der Waals surface area contributed by atoms with E-state index in [0.717, 1.165) is 32.8 Å². The van der Waals surface area contributed by atoms with Gasteiger partial charge in [-0.25, -0.2) is 0 Å². The molecule has 1 heterocycles. The third-order valence-electron chi connectivity index (χ3n) is 4.36. The van der Waals surface area contributed by atoms with Crippen LogP contribution in [0.2, 0.25) is 0 Å². The zero-order chi connectivity index (χ0) is 14.9. The Balaban J connectivity index is 1.86. The number of hydrogen-bond acceptors (Lipinski definition) is 3. The maximum absolute atomic E-state index is 5.74. The summed E-state index contributed by atoms with van der Waals surface area (Å²) in [5.41, 5.74) is 1.39. The molecule has 118 valence electrons. The first-order chi connectivity index (χ1) is 10.3. The fraction of sp³-hybridized carbons (Fsp3) is 0.667. The Kier molecular flexibility index (Phi) is 7.20. The van der Waals surface area contributed by atoms with Crippen LogP contribution in [0.3, 0.4) is 0 Å².